The van der Waals surface area contributed by atoms with E-state index in [1.54, 1.807) is 35.7 Å². The minimum Gasteiger partial charge on any atom is -0.496 e. The number of nitrogens with zero attached hydrogens (tertiary/aromatic N) is 2. The third-order valence-electron chi connectivity index (χ3n) is 3.77. The van der Waals surface area contributed by atoms with E-state index >= 15 is 0 Å². The minimum absolute atomic E-state index is 0.0160. The molecule has 1 aromatic carbocycles. The zero-order valence-electron chi connectivity index (χ0n) is 13.2. The molecular weight excluding hydrogens is 300 g/mol. The summed E-state index contributed by atoms with van der Waals surface area (Å²) in [7, 11) is 3.39. The standard InChI is InChI=1S/C16H22N2O3S/c1-4-15(19)18-11-22-10-13(18)16(20)17(2)9-12-7-5-6-8-14(12)21-3/h5-8,13H,4,9-11H2,1-3H3. The number of ether oxygens (including phenoxy) is 1. The largest absolute Gasteiger partial charge is 0.496 e. The SMILES string of the molecule is CCC(=O)N1CSCC1C(=O)N(C)Cc1ccccc1OC. The van der Waals surface area contributed by atoms with E-state index in [0.29, 0.717) is 24.6 Å². The van der Waals surface area contributed by atoms with Crippen LogP contribution in [0.3, 0.4) is 0 Å². The fraction of sp³-hybridized carbons (Fsp3) is 0.500. The lowest BCUT2D eigenvalue weighted by atomic mass is 10.1. The molecule has 0 spiro atoms. The van der Waals surface area contributed by atoms with Gasteiger partial charge in [0.2, 0.25) is 11.8 Å². The van der Waals surface area contributed by atoms with E-state index in [9.17, 15) is 9.59 Å². The maximum absolute atomic E-state index is 12.7. The van der Waals surface area contributed by atoms with Crippen molar-refractivity contribution in [3.8, 4) is 5.75 Å². The van der Waals surface area contributed by atoms with E-state index in [0.717, 1.165) is 11.3 Å². The van der Waals surface area contributed by atoms with Crippen LogP contribution in [0.1, 0.15) is 18.9 Å². The summed E-state index contributed by atoms with van der Waals surface area (Å²) < 4.78 is 5.32. The number of carbonyl (C=O) groups is 2. The van der Waals surface area contributed by atoms with Crippen molar-refractivity contribution >= 4 is 23.6 Å². The number of hydrogen-bond acceptors (Lipinski definition) is 4. The van der Waals surface area contributed by atoms with Crippen LogP contribution in [0.2, 0.25) is 0 Å². The molecule has 2 rings (SSSR count). The Morgan fingerprint density at radius 1 is 1.41 bits per heavy atom. The summed E-state index contributed by atoms with van der Waals surface area (Å²) in [4.78, 5) is 27.9. The molecule has 5 nitrogen and oxygen atoms in total. The van der Waals surface area contributed by atoms with Gasteiger partial charge in [0, 0.05) is 31.3 Å². The molecule has 6 heteroatoms. The lowest BCUT2D eigenvalue weighted by molar-refractivity contribution is -0.142. The van der Waals surface area contributed by atoms with E-state index in [1.165, 1.54) is 0 Å². The Labute approximate surface area is 135 Å². The van der Waals surface area contributed by atoms with E-state index in [1.807, 2.05) is 31.2 Å². The van der Waals surface area contributed by atoms with Crippen molar-refractivity contribution in [1.29, 1.82) is 0 Å². The van der Waals surface area contributed by atoms with Gasteiger partial charge in [0.25, 0.3) is 0 Å². The average molecular weight is 322 g/mol. The van der Waals surface area contributed by atoms with Crippen LogP contribution >= 0.6 is 11.8 Å². The first-order valence-electron chi connectivity index (χ1n) is 7.32. The molecule has 0 aliphatic carbocycles. The van der Waals surface area contributed by atoms with Crippen LogP contribution in [0.5, 0.6) is 5.75 Å². The van der Waals surface area contributed by atoms with Gasteiger partial charge in [-0.25, -0.2) is 0 Å². The number of rotatable bonds is 5. The van der Waals surface area contributed by atoms with Gasteiger partial charge in [0.1, 0.15) is 11.8 Å². The first kappa shape index (κ1) is 16.7. The summed E-state index contributed by atoms with van der Waals surface area (Å²) >= 11 is 1.63. The number of hydrogen-bond donors (Lipinski definition) is 0. The fourth-order valence-corrected chi connectivity index (χ4v) is 3.69. The van der Waals surface area contributed by atoms with Crippen molar-refractivity contribution in [3.63, 3.8) is 0 Å². The molecule has 1 saturated heterocycles. The molecule has 1 aromatic rings. The van der Waals surface area contributed by atoms with Crippen LogP contribution in [0, 0.1) is 0 Å². The zero-order valence-corrected chi connectivity index (χ0v) is 14.1. The second kappa shape index (κ2) is 7.54. The van der Waals surface area contributed by atoms with Gasteiger partial charge in [-0.05, 0) is 6.07 Å². The Balaban J connectivity index is 2.07. The van der Waals surface area contributed by atoms with Crippen molar-refractivity contribution in [3.05, 3.63) is 29.8 Å². The smallest absolute Gasteiger partial charge is 0.246 e. The van der Waals surface area contributed by atoms with E-state index < -0.39 is 0 Å². The van der Waals surface area contributed by atoms with Gasteiger partial charge in [0.15, 0.2) is 0 Å². The van der Waals surface area contributed by atoms with Crippen molar-refractivity contribution in [1.82, 2.24) is 9.80 Å². The van der Waals surface area contributed by atoms with Gasteiger partial charge < -0.3 is 14.5 Å². The van der Waals surface area contributed by atoms with Gasteiger partial charge in [-0.2, -0.15) is 0 Å². The molecule has 0 saturated carbocycles. The van der Waals surface area contributed by atoms with Gasteiger partial charge >= 0.3 is 0 Å². The molecule has 1 atom stereocenters. The molecule has 1 fully saturated rings. The highest BCUT2D eigenvalue weighted by Gasteiger charge is 2.35. The topological polar surface area (TPSA) is 49.9 Å². The molecule has 22 heavy (non-hydrogen) atoms. The van der Waals surface area contributed by atoms with E-state index in [4.69, 9.17) is 4.74 Å². The lowest BCUT2D eigenvalue weighted by Gasteiger charge is -2.27. The number of thioether (sulfide) groups is 1. The number of para-hydroxylation sites is 1. The normalized spacial score (nSPS) is 17.4. The van der Waals surface area contributed by atoms with E-state index in [2.05, 4.69) is 0 Å². The highest BCUT2D eigenvalue weighted by atomic mass is 32.2. The summed E-state index contributed by atoms with van der Waals surface area (Å²) in [6.07, 6.45) is 0.431. The molecule has 0 radical (unpaired) electrons. The molecule has 120 valence electrons. The second-order valence-electron chi connectivity index (χ2n) is 5.24. The number of benzene rings is 1. The van der Waals surface area contributed by atoms with Crippen LogP contribution in [-0.2, 0) is 16.1 Å². The van der Waals surface area contributed by atoms with E-state index in [-0.39, 0.29) is 17.9 Å². The highest BCUT2D eigenvalue weighted by molar-refractivity contribution is 7.99. The number of methoxy groups -OCH3 is 1. The van der Waals surface area contributed by atoms with Crippen molar-refractivity contribution in [2.75, 3.05) is 25.8 Å². The molecule has 0 N–H and O–H groups in total. The molecule has 2 amide bonds. The molecule has 1 heterocycles. The van der Waals surface area contributed by atoms with Crippen molar-refractivity contribution in [2.45, 2.75) is 25.9 Å². The molecule has 0 aromatic heterocycles. The molecule has 1 unspecified atom stereocenters. The average Bonchev–Trinajstić information content (AvgIpc) is 3.03. The van der Waals surface area contributed by atoms with Crippen molar-refractivity contribution in [2.24, 2.45) is 0 Å². The Kier molecular flexibility index (Phi) is 5.71. The predicted molar refractivity (Wildman–Crippen MR) is 87.7 cm³/mol. The number of likely N-dealkylation sites (N-methyl/N-ethyl adjacent to an activating group) is 1. The van der Waals surface area contributed by atoms with Gasteiger partial charge in [0.05, 0.1) is 13.0 Å². The minimum atomic E-state index is -0.350. The Morgan fingerprint density at radius 2 is 2.14 bits per heavy atom. The predicted octanol–water partition coefficient (Wildman–Crippen LogP) is 1.97. The number of amides is 2. The summed E-state index contributed by atoms with van der Waals surface area (Å²) in [6.45, 7) is 2.30. The first-order chi connectivity index (χ1) is 10.6. The van der Waals surface area contributed by atoms with Crippen LogP contribution in [0.15, 0.2) is 24.3 Å². The summed E-state index contributed by atoms with van der Waals surface area (Å²) in [5.41, 5.74) is 0.958. The molecule has 0 bridgehead atoms. The third-order valence-corrected chi connectivity index (χ3v) is 4.78. The Morgan fingerprint density at radius 3 is 2.82 bits per heavy atom. The quantitative estimate of drug-likeness (QED) is 0.831. The summed E-state index contributed by atoms with van der Waals surface area (Å²) in [6, 6.07) is 7.30. The molecule has 1 aliphatic rings. The van der Waals surface area contributed by atoms with Gasteiger partial charge in [-0.1, -0.05) is 25.1 Å². The van der Waals surface area contributed by atoms with Crippen LogP contribution in [0.25, 0.3) is 0 Å². The Bertz CT molecular complexity index is 550. The van der Waals surface area contributed by atoms with Crippen LogP contribution < -0.4 is 4.74 Å². The van der Waals surface area contributed by atoms with Crippen molar-refractivity contribution < 1.29 is 14.3 Å². The Hall–Kier alpha value is -1.69. The first-order valence-corrected chi connectivity index (χ1v) is 8.48. The van der Waals surface area contributed by atoms with Crippen LogP contribution in [-0.4, -0.2) is 53.4 Å². The number of carbonyl (C=O) groups excluding carboxylic acids is 2. The van der Waals surface area contributed by atoms with Gasteiger partial charge in [-0.15, -0.1) is 11.8 Å². The lowest BCUT2D eigenvalue weighted by Crippen LogP contribution is -2.47. The highest BCUT2D eigenvalue weighted by Crippen LogP contribution is 2.24. The monoisotopic (exact) mass is 322 g/mol. The maximum atomic E-state index is 12.7. The third kappa shape index (κ3) is 3.55. The van der Waals surface area contributed by atoms with Gasteiger partial charge in [-0.3, -0.25) is 9.59 Å². The fourth-order valence-electron chi connectivity index (χ4n) is 2.52. The maximum Gasteiger partial charge on any atom is 0.246 e. The second-order valence-corrected chi connectivity index (χ2v) is 6.24. The molecular formula is C16H22N2O3S. The molecule has 1 aliphatic heterocycles. The summed E-state index contributed by atoms with van der Waals surface area (Å²) in [5.74, 6) is 2.06. The summed E-state index contributed by atoms with van der Waals surface area (Å²) in [5, 5.41) is 0. The van der Waals surface area contributed by atoms with Crippen LogP contribution in [0.4, 0.5) is 0 Å². The zero-order chi connectivity index (χ0) is 16.1.